The van der Waals surface area contributed by atoms with Gasteiger partial charge in [0.1, 0.15) is 11.3 Å². The van der Waals surface area contributed by atoms with Crippen LogP contribution in [0.2, 0.25) is 0 Å². The highest BCUT2D eigenvalue weighted by atomic mass is 16.3. The summed E-state index contributed by atoms with van der Waals surface area (Å²) < 4.78 is 1.46. The van der Waals surface area contributed by atoms with Crippen LogP contribution in [0, 0.1) is 0 Å². The number of aromatic amines is 1. The van der Waals surface area contributed by atoms with Crippen LogP contribution in [0.25, 0.3) is 10.9 Å². The standard InChI is InChI=1S/C20H21N3O3/c24-17-8-3-7-16-18(17)23(20(26)21-19(16)25)11-4-10-22-12-9-14-5-1-2-6-15(14)13-22/h1-3,5-8,24H,4,9-13H2,(H,21,25,26). The Hall–Kier alpha value is -2.86. The molecule has 0 saturated heterocycles. The van der Waals surface area contributed by atoms with Crippen LogP contribution in [0.4, 0.5) is 0 Å². The molecule has 0 amide bonds. The first-order valence-corrected chi connectivity index (χ1v) is 8.87. The first-order valence-electron chi connectivity index (χ1n) is 8.87. The summed E-state index contributed by atoms with van der Waals surface area (Å²) in [6.45, 7) is 3.23. The molecule has 0 aliphatic carbocycles. The van der Waals surface area contributed by atoms with E-state index in [2.05, 4.69) is 34.1 Å². The fourth-order valence-electron chi connectivity index (χ4n) is 3.74. The molecule has 3 aromatic rings. The van der Waals surface area contributed by atoms with E-state index in [0.717, 1.165) is 32.5 Å². The van der Waals surface area contributed by atoms with Crippen LogP contribution in [0.3, 0.4) is 0 Å². The highest BCUT2D eigenvalue weighted by Crippen LogP contribution is 2.21. The molecule has 2 aromatic carbocycles. The lowest BCUT2D eigenvalue weighted by Gasteiger charge is -2.28. The summed E-state index contributed by atoms with van der Waals surface area (Å²) in [5.74, 6) is -0.0439. The normalized spacial score (nSPS) is 14.5. The number of H-pyrrole nitrogens is 1. The number of phenols is 1. The Labute approximate surface area is 150 Å². The van der Waals surface area contributed by atoms with Gasteiger partial charge >= 0.3 is 5.69 Å². The molecule has 2 heterocycles. The average molecular weight is 351 g/mol. The second-order valence-electron chi connectivity index (χ2n) is 6.73. The number of aryl methyl sites for hydroxylation is 1. The highest BCUT2D eigenvalue weighted by Gasteiger charge is 2.16. The molecule has 4 rings (SSSR count). The third-order valence-corrected chi connectivity index (χ3v) is 5.06. The van der Waals surface area contributed by atoms with Crippen LogP contribution in [0.15, 0.2) is 52.1 Å². The van der Waals surface area contributed by atoms with E-state index in [1.54, 1.807) is 12.1 Å². The lowest BCUT2D eigenvalue weighted by molar-refractivity contribution is 0.246. The zero-order valence-corrected chi connectivity index (χ0v) is 14.4. The van der Waals surface area contributed by atoms with Gasteiger partial charge in [-0.05, 0) is 36.1 Å². The van der Waals surface area contributed by atoms with E-state index in [1.165, 1.54) is 21.8 Å². The van der Waals surface area contributed by atoms with Crippen molar-refractivity contribution >= 4 is 10.9 Å². The largest absolute Gasteiger partial charge is 0.506 e. The van der Waals surface area contributed by atoms with Crippen LogP contribution in [-0.2, 0) is 19.5 Å². The topological polar surface area (TPSA) is 78.3 Å². The van der Waals surface area contributed by atoms with Crippen molar-refractivity contribution in [1.82, 2.24) is 14.5 Å². The number of para-hydroxylation sites is 1. The molecule has 0 saturated carbocycles. The van der Waals surface area contributed by atoms with E-state index in [1.807, 2.05) is 0 Å². The minimum Gasteiger partial charge on any atom is -0.506 e. The van der Waals surface area contributed by atoms with Crippen molar-refractivity contribution in [2.75, 3.05) is 13.1 Å². The number of nitrogens with zero attached hydrogens (tertiary/aromatic N) is 2. The molecule has 1 aliphatic rings. The van der Waals surface area contributed by atoms with Gasteiger partial charge in [-0.1, -0.05) is 30.3 Å². The molecule has 0 radical (unpaired) electrons. The minimum absolute atomic E-state index is 0.0439. The van der Waals surface area contributed by atoms with E-state index in [-0.39, 0.29) is 5.75 Å². The smallest absolute Gasteiger partial charge is 0.328 e. The molecule has 0 atom stereocenters. The summed E-state index contributed by atoms with van der Waals surface area (Å²) in [5, 5.41) is 10.5. The molecule has 26 heavy (non-hydrogen) atoms. The summed E-state index contributed by atoms with van der Waals surface area (Å²) in [7, 11) is 0. The van der Waals surface area contributed by atoms with Gasteiger partial charge < -0.3 is 5.11 Å². The number of nitrogens with one attached hydrogen (secondary N) is 1. The fourth-order valence-corrected chi connectivity index (χ4v) is 3.74. The third-order valence-electron chi connectivity index (χ3n) is 5.06. The molecule has 1 aromatic heterocycles. The van der Waals surface area contributed by atoms with E-state index >= 15 is 0 Å². The van der Waals surface area contributed by atoms with Gasteiger partial charge in [-0.15, -0.1) is 0 Å². The van der Waals surface area contributed by atoms with Crippen molar-refractivity contribution in [3.05, 3.63) is 74.4 Å². The lowest BCUT2D eigenvalue weighted by Crippen LogP contribution is -2.34. The molecule has 0 spiro atoms. The van der Waals surface area contributed by atoms with Gasteiger partial charge in [0.15, 0.2) is 0 Å². The van der Waals surface area contributed by atoms with Gasteiger partial charge in [-0.2, -0.15) is 0 Å². The number of hydrogen-bond donors (Lipinski definition) is 2. The summed E-state index contributed by atoms with van der Waals surface area (Å²) in [5.41, 5.74) is 2.14. The van der Waals surface area contributed by atoms with Crippen molar-refractivity contribution in [1.29, 1.82) is 0 Å². The van der Waals surface area contributed by atoms with Crippen molar-refractivity contribution in [3.8, 4) is 5.75 Å². The maximum Gasteiger partial charge on any atom is 0.328 e. The zero-order valence-electron chi connectivity index (χ0n) is 14.4. The molecular formula is C20H21N3O3. The number of aromatic nitrogens is 2. The molecule has 1 aliphatic heterocycles. The molecule has 6 heteroatoms. The van der Waals surface area contributed by atoms with Gasteiger partial charge in [-0.25, -0.2) is 4.79 Å². The van der Waals surface area contributed by atoms with Gasteiger partial charge in [-0.3, -0.25) is 19.2 Å². The Morgan fingerprint density at radius 1 is 1.00 bits per heavy atom. The summed E-state index contributed by atoms with van der Waals surface area (Å²) in [4.78, 5) is 28.9. The van der Waals surface area contributed by atoms with E-state index in [4.69, 9.17) is 0 Å². The van der Waals surface area contributed by atoms with Crippen LogP contribution >= 0.6 is 0 Å². The zero-order chi connectivity index (χ0) is 18.1. The lowest BCUT2D eigenvalue weighted by atomic mass is 10.00. The Morgan fingerprint density at radius 3 is 2.65 bits per heavy atom. The number of rotatable bonds is 4. The Kier molecular flexibility index (Phi) is 4.34. The number of benzene rings is 2. The molecule has 134 valence electrons. The minimum atomic E-state index is -0.479. The predicted molar refractivity (Wildman–Crippen MR) is 101 cm³/mol. The van der Waals surface area contributed by atoms with Gasteiger partial charge in [0.25, 0.3) is 5.56 Å². The van der Waals surface area contributed by atoms with Crippen molar-refractivity contribution in [2.24, 2.45) is 0 Å². The Balaban J connectivity index is 1.51. The molecule has 6 nitrogen and oxygen atoms in total. The van der Waals surface area contributed by atoms with E-state index in [9.17, 15) is 14.7 Å². The second kappa shape index (κ2) is 6.80. The maximum atomic E-state index is 12.2. The average Bonchev–Trinajstić information content (AvgIpc) is 2.64. The number of aromatic hydroxyl groups is 1. The summed E-state index contributed by atoms with van der Waals surface area (Å²) in [6, 6.07) is 13.2. The predicted octanol–water partition coefficient (Wildman–Crippen LogP) is 1.84. The first-order chi connectivity index (χ1) is 12.6. The molecule has 0 unspecified atom stereocenters. The van der Waals surface area contributed by atoms with E-state index < -0.39 is 11.2 Å². The number of phenolic OH excluding ortho intramolecular Hbond substituents is 1. The second-order valence-corrected chi connectivity index (χ2v) is 6.73. The third kappa shape index (κ3) is 3.04. The van der Waals surface area contributed by atoms with Crippen LogP contribution in [0.5, 0.6) is 5.75 Å². The quantitative estimate of drug-likeness (QED) is 0.752. The monoisotopic (exact) mass is 351 g/mol. The van der Waals surface area contributed by atoms with Gasteiger partial charge in [0.05, 0.1) is 5.39 Å². The first kappa shape index (κ1) is 16.6. The van der Waals surface area contributed by atoms with Crippen LogP contribution in [0.1, 0.15) is 17.5 Å². The molecule has 0 bridgehead atoms. The molecule has 2 N–H and O–H groups in total. The number of fused-ring (bicyclic) bond motifs is 2. The van der Waals surface area contributed by atoms with Crippen molar-refractivity contribution in [2.45, 2.75) is 25.9 Å². The van der Waals surface area contributed by atoms with Crippen molar-refractivity contribution < 1.29 is 5.11 Å². The van der Waals surface area contributed by atoms with Gasteiger partial charge in [0, 0.05) is 26.2 Å². The Bertz CT molecular complexity index is 1070. The summed E-state index contributed by atoms with van der Waals surface area (Å²) >= 11 is 0. The highest BCUT2D eigenvalue weighted by molar-refractivity contribution is 5.83. The SMILES string of the molecule is O=c1[nH]c(=O)n(CCCN2CCc3ccccc3C2)c2c(O)cccc12. The fraction of sp³-hybridized carbons (Fsp3) is 0.300. The number of hydrogen-bond acceptors (Lipinski definition) is 4. The van der Waals surface area contributed by atoms with Crippen LogP contribution in [-0.4, -0.2) is 32.6 Å². The summed E-state index contributed by atoms with van der Waals surface area (Å²) in [6.07, 6.45) is 1.80. The Morgan fingerprint density at radius 2 is 1.81 bits per heavy atom. The van der Waals surface area contributed by atoms with Crippen LogP contribution < -0.4 is 11.2 Å². The van der Waals surface area contributed by atoms with Crippen molar-refractivity contribution in [3.63, 3.8) is 0 Å². The molecular weight excluding hydrogens is 330 g/mol. The molecule has 0 fully saturated rings. The maximum absolute atomic E-state index is 12.2. The van der Waals surface area contributed by atoms with Gasteiger partial charge in [0.2, 0.25) is 0 Å². The van der Waals surface area contributed by atoms with E-state index in [0.29, 0.717) is 17.4 Å².